The van der Waals surface area contributed by atoms with Crippen LogP contribution in [0.4, 0.5) is 0 Å². The SMILES string of the molecule is COCCNCCc1c(C)nn(Cc2ccccc2)c1C. The lowest BCUT2D eigenvalue weighted by Crippen LogP contribution is -2.22. The average Bonchev–Trinajstić information content (AvgIpc) is 2.75. The van der Waals surface area contributed by atoms with E-state index in [9.17, 15) is 0 Å². The smallest absolute Gasteiger partial charge is 0.0662 e. The van der Waals surface area contributed by atoms with Crippen LogP contribution in [0.2, 0.25) is 0 Å². The summed E-state index contributed by atoms with van der Waals surface area (Å²) >= 11 is 0. The maximum Gasteiger partial charge on any atom is 0.0662 e. The molecule has 1 N–H and O–H groups in total. The minimum absolute atomic E-state index is 0.755. The standard InChI is InChI=1S/C17H25N3O/c1-14-17(9-10-18-11-12-21-3)15(2)20(19-14)13-16-7-5-4-6-8-16/h4-8,18H,9-13H2,1-3H3. The Morgan fingerprint density at radius 2 is 1.90 bits per heavy atom. The van der Waals surface area contributed by atoms with E-state index in [1.165, 1.54) is 16.8 Å². The van der Waals surface area contributed by atoms with Gasteiger partial charge in [0.05, 0.1) is 18.8 Å². The summed E-state index contributed by atoms with van der Waals surface area (Å²) in [7, 11) is 1.73. The molecule has 114 valence electrons. The maximum absolute atomic E-state index is 5.03. The normalized spacial score (nSPS) is 11.0. The Labute approximate surface area is 127 Å². The summed E-state index contributed by atoms with van der Waals surface area (Å²) in [6.45, 7) is 7.71. The summed E-state index contributed by atoms with van der Waals surface area (Å²) in [6, 6.07) is 10.5. The lowest BCUT2D eigenvalue weighted by atomic mass is 10.1. The van der Waals surface area contributed by atoms with Gasteiger partial charge >= 0.3 is 0 Å². The van der Waals surface area contributed by atoms with E-state index in [0.717, 1.165) is 38.4 Å². The van der Waals surface area contributed by atoms with Gasteiger partial charge in [0, 0.05) is 19.3 Å². The molecule has 0 saturated heterocycles. The Morgan fingerprint density at radius 1 is 1.14 bits per heavy atom. The number of nitrogens with one attached hydrogen (secondary N) is 1. The third kappa shape index (κ3) is 4.41. The van der Waals surface area contributed by atoms with E-state index in [2.05, 4.69) is 53.2 Å². The lowest BCUT2D eigenvalue weighted by molar-refractivity contribution is 0.199. The molecule has 0 fully saturated rings. The molecule has 21 heavy (non-hydrogen) atoms. The summed E-state index contributed by atoms with van der Waals surface area (Å²) in [5, 5.41) is 8.07. The molecule has 0 radical (unpaired) electrons. The third-order valence-corrected chi connectivity index (χ3v) is 3.74. The summed E-state index contributed by atoms with van der Waals surface area (Å²) in [6.07, 6.45) is 1.01. The van der Waals surface area contributed by atoms with Crippen molar-refractivity contribution in [3.05, 3.63) is 52.8 Å². The van der Waals surface area contributed by atoms with Gasteiger partial charge in [0.15, 0.2) is 0 Å². The fourth-order valence-corrected chi connectivity index (χ4v) is 2.52. The van der Waals surface area contributed by atoms with Crippen LogP contribution in [0.1, 0.15) is 22.5 Å². The van der Waals surface area contributed by atoms with Crippen molar-refractivity contribution in [1.82, 2.24) is 15.1 Å². The van der Waals surface area contributed by atoms with E-state index in [4.69, 9.17) is 4.74 Å². The molecule has 0 aliphatic carbocycles. The zero-order chi connectivity index (χ0) is 15.1. The van der Waals surface area contributed by atoms with E-state index < -0.39 is 0 Å². The summed E-state index contributed by atoms with van der Waals surface area (Å²) < 4.78 is 7.14. The molecule has 0 aliphatic rings. The number of aromatic nitrogens is 2. The molecule has 2 aromatic rings. The molecule has 0 amide bonds. The number of hydrogen-bond donors (Lipinski definition) is 1. The van der Waals surface area contributed by atoms with Crippen LogP contribution in [-0.2, 0) is 17.7 Å². The summed E-state index contributed by atoms with van der Waals surface area (Å²) in [4.78, 5) is 0. The molecule has 0 aliphatic heterocycles. The lowest BCUT2D eigenvalue weighted by Gasteiger charge is -2.07. The quantitative estimate of drug-likeness (QED) is 0.757. The topological polar surface area (TPSA) is 39.1 Å². The Hall–Kier alpha value is -1.65. The van der Waals surface area contributed by atoms with Crippen molar-refractivity contribution >= 4 is 0 Å². The molecule has 4 nitrogen and oxygen atoms in total. The van der Waals surface area contributed by atoms with Crippen LogP contribution in [0, 0.1) is 13.8 Å². The first-order chi connectivity index (χ1) is 10.2. The number of methoxy groups -OCH3 is 1. The van der Waals surface area contributed by atoms with Gasteiger partial charge in [-0.15, -0.1) is 0 Å². The van der Waals surface area contributed by atoms with Crippen molar-refractivity contribution in [2.45, 2.75) is 26.8 Å². The minimum atomic E-state index is 0.755. The molecule has 0 unspecified atom stereocenters. The van der Waals surface area contributed by atoms with Crippen molar-refractivity contribution in [1.29, 1.82) is 0 Å². The number of rotatable bonds is 8. The molecule has 0 bridgehead atoms. The Bertz CT molecular complexity index is 549. The summed E-state index contributed by atoms with van der Waals surface area (Å²) in [5.74, 6) is 0. The second-order valence-electron chi connectivity index (χ2n) is 5.29. The van der Waals surface area contributed by atoms with Crippen LogP contribution >= 0.6 is 0 Å². The van der Waals surface area contributed by atoms with E-state index in [1.54, 1.807) is 7.11 Å². The predicted octanol–water partition coefficient (Wildman–Crippen LogP) is 2.33. The fourth-order valence-electron chi connectivity index (χ4n) is 2.52. The predicted molar refractivity (Wildman–Crippen MR) is 85.7 cm³/mol. The highest BCUT2D eigenvalue weighted by atomic mass is 16.5. The van der Waals surface area contributed by atoms with Gasteiger partial charge in [0.1, 0.15) is 0 Å². The van der Waals surface area contributed by atoms with Gasteiger partial charge in [0.2, 0.25) is 0 Å². The number of benzene rings is 1. The van der Waals surface area contributed by atoms with Gasteiger partial charge in [-0.3, -0.25) is 4.68 Å². The molecule has 1 heterocycles. The number of hydrogen-bond acceptors (Lipinski definition) is 3. The van der Waals surface area contributed by atoms with Crippen LogP contribution in [-0.4, -0.2) is 36.6 Å². The van der Waals surface area contributed by atoms with Crippen molar-refractivity contribution in [3.63, 3.8) is 0 Å². The zero-order valence-corrected chi connectivity index (χ0v) is 13.2. The minimum Gasteiger partial charge on any atom is -0.383 e. The van der Waals surface area contributed by atoms with Crippen molar-refractivity contribution in [2.24, 2.45) is 0 Å². The largest absolute Gasteiger partial charge is 0.383 e. The Morgan fingerprint density at radius 3 is 2.62 bits per heavy atom. The number of ether oxygens (including phenoxy) is 1. The van der Waals surface area contributed by atoms with Crippen LogP contribution in [0.15, 0.2) is 30.3 Å². The second-order valence-corrected chi connectivity index (χ2v) is 5.29. The second kappa shape index (κ2) is 7.96. The highest BCUT2D eigenvalue weighted by Gasteiger charge is 2.11. The van der Waals surface area contributed by atoms with E-state index in [0.29, 0.717) is 0 Å². The van der Waals surface area contributed by atoms with Gasteiger partial charge in [0.25, 0.3) is 0 Å². The van der Waals surface area contributed by atoms with Gasteiger partial charge in [-0.2, -0.15) is 5.10 Å². The molecule has 0 saturated carbocycles. The molecule has 1 aromatic carbocycles. The first-order valence-electron chi connectivity index (χ1n) is 7.49. The van der Waals surface area contributed by atoms with Crippen LogP contribution < -0.4 is 5.32 Å². The van der Waals surface area contributed by atoms with E-state index in [-0.39, 0.29) is 0 Å². The highest BCUT2D eigenvalue weighted by molar-refractivity contribution is 5.26. The molecule has 2 rings (SSSR count). The van der Waals surface area contributed by atoms with Crippen LogP contribution in [0.5, 0.6) is 0 Å². The zero-order valence-electron chi connectivity index (χ0n) is 13.2. The Balaban J connectivity index is 1.97. The number of aryl methyl sites for hydroxylation is 1. The number of nitrogens with zero attached hydrogens (tertiary/aromatic N) is 2. The monoisotopic (exact) mass is 287 g/mol. The first-order valence-corrected chi connectivity index (χ1v) is 7.49. The highest BCUT2D eigenvalue weighted by Crippen LogP contribution is 2.15. The molecule has 0 atom stereocenters. The average molecular weight is 287 g/mol. The maximum atomic E-state index is 5.03. The van der Waals surface area contributed by atoms with Crippen molar-refractivity contribution in [3.8, 4) is 0 Å². The molecule has 1 aromatic heterocycles. The van der Waals surface area contributed by atoms with Gasteiger partial charge in [-0.1, -0.05) is 30.3 Å². The van der Waals surface area contributed by atoms with E-state index >= 15 is 0 Å². The first kappa shape index (κ1) is 15.7. The molecule has 0 spiro atoms. The van der Waals surface area contributed by atoms with E-state index in [1.807, 2.05) is 6.07 Å². The van der Waals surface area contributed by atoms with Crippen molar-refractivity contribution in [2.75, 3.05) is 26.8 Å². The summed E-state index contributed by atoms with van der Waals surface area (Å²) in [5.41, 5.74) is 5.05. The van der Waals surface area contributed by atoms with Gasteiger partial charge < -0.3 is 10.1 Å². The van der Waals surface area contributed by atoms with Crippen LogP contribution in [0.25, 0.3) is 0 Å². The van der Waals surface area contributed by atoms with Gasteiger partial charge in [-0.25, -0.2) is 0 Å². The Kier molecular flexibility index (Phi) is 5.96. The molecular weight excluding hydrogens is 262 g/mol. The fraction of sp³-hybridized carbons (Fsp3) is 0.471. The van der Waals surface area contributed by atoms with Gasteiger partial charge in [-0.05, 0) is 37.9 Å². The van der Waals surface area contributed by atoms with Crippen LogP contribution in [0.3, 0.4) is 0 Å². The molecule has 4 heteroatoms. The molecular formula is C17H25N3O. The van der Waals surface area contributed by atoms with Crippen molar-refractivity contribution < 1.29 is 4.74 Å². The third-order valence-electron chi connectivity index (χ3n) is 3.74.